The van der Waals surface area contributed by atoms with Crippen molar-refractivity contribution in [1.82, 2.24) is 5.32 Å². The lowest BCUT2D eigenvalue weighted by Crippen LogP contribution is -2.30. The molecule has 0 aliphatic carbocycles. The summed E-state index contributed by atoms with van der Waals surface area (Å²) in [6.45, 7) is 2.52. The van der Waals surface area contributed by atoms with Gasteiger partial charge in [0.1, 0.15) is 11.6 Å². The number of ether oxygens (including phenoxy) is 1. The molecule has 1 amide bonds. The van der Waals surface area contributed by atoms with E-state index in [9.17, 15) is 9.18 Å². The summed E-state index contributed by atoms with van der Waals surface area (Å²) in [5, 5.41) is 3.04. The van der Waals surface area contributed by atoms with Crippen LogP contribution in [0, 0.1) is 12.7 Å². The molecule has 3 nitrogen and oxygen atoms in total. The quantitative estimate of drug-likeness (QED) is 0.763. The van der Waals surface area contributed by atoms with Gasteiger partial charge in [-0.3, -0.25) is 4.79 Å². The van der Waals surface area contributed by atoms with E-state index in [2.05, 4.69) is 5.32 Å². The molecule has 0 fully saturated rings. The van der Waals surface area contributed by atoms with E-state index in [0.29, 0.717) is 19.4 Å². The predicted octanol–water partition coefficient (Wildman–Crippen LogP) is 4.65. The van der Waals surface area contributed by atoms with Crippen molar-refractivity contribution in [2.45, 2.75) is 37.1 Å². The minimum Gasteiger partial charge on any atom is -0.494 e. The molecule has 1 atom stereocenters. The molecule has 1 aliphatic rings. The summed E-state index contributed by atoms with van der Waals surface area (Å²) < 4.78 is 19.2. The minimum atomic E-state index is -0.257. The number of halogens is 1. The highest BCUT2D eigenvalue weighted by Gasteiger charge is 2.22. The Hall–Kier alpha value is -2.01. The van der Waals surface area contributed by atoms with Gasteiger partial charge in [0.15, 0.2) is 0 Å². The van der Waals surface area contributed by atoms with E-state index >= 15 is 0 Å². The second-order valence-corrected chi connectivity index (χ2v) is 7.34. The maximum Gasteiger partial charge on any atom is 0.220 e. The minimum absolute atomic E-state index is 0.0139. The molecule has 2 aromatic rings. The topological polar surface area (TPSA) is 38.3 Å². The van der Waals surface area contributed by atoms with Crippen LogP contribution in [0.1, 0.15) is 36.4 Å². The molecular weight excluding hydrogens is 337 g/mol. The van der Waals surface area contributed by atoms with Gasteiger partial charge in [0.2, 0.25) is 5.91 Å². The van der Waals surface area contributed by atoms with Crippen LogP contribution in [0.2, 0.25) is 0 Å². The van der Waals surface area contributed by atoms with Crippen molar-refractivity contribution in [2.75, 3.05) is 12.4 Å². The van der Waals surface area contributed by atoms with E-state index in [0.717, 1.165) is 33.9 Å². The molecule has 0 spiro atoms. The summed E-state index contributed by atoms with van der Waals surface area (Å²) in [6.07, 6.45) is 1.88. The first-order chi connectivity index (χ1) is 12.1. The van der Waals surface area contributed by atoms with Crippen molar-refractivity contribution in [2.24, 2.45) is 0 Å². The first-order valence-electron chi connectivity index (χ1n) is 8.53. The van der Waals surface area contributed by atoms with Crippen LogP contribution in [0.25, 0.3) is 0 Å². The standard InChI is InChI=1S/C20H22FNO2S/c1-14-4-2-5-16(12-14)24-10-3-6-20(23)22-18-9-11-25-19-8-7-15(21)13-17(18)19/h2,4-5,7-8,12-13,18H,3,6,9-11H2,1H3,(H,22,23). The van der Waals surface area contributed by atoms with Crippen molar-refractivity contribution in [3.63, 3.8) is 0 Å². The molecule has 0 aromatic heterocycles. The third-order valence-corrected chi connectivity index (χ3v) is 5.28. The van der Waals surface area contributed by atoms with Crippen LogP contribution in [0.3, 0.4) is 0 Å². The summed E-state index contributed by atoms with van der Waals surface area (Å²) in [4.78, 5) is 13.3. The van der Waals surface area contributed by atoms with Crippen molar-refractivity contribution in [3.8, 4) is 5.75 Å². The van der Waals surface area contributed by atoms with Gasteiger partial charge in [0.25, 0.3) is 0 Å². The molecule has 1 heterocycles. The Morgan fingerprint density at radius 1 is 1.32 bits per heavy atom. The van der Waals surface area contributed by atoms with Gasteiger partial charge >= 0.3 is 0 Å². The zero-order valence-corrected chi connectivity index (χ0v) is 15.1. The molecule has 1 aliphatic heterocycles. The number of nitrogens with one attached hydrogen (secondary N) is 1. The first kappa shape index (κ1) is 17.8. The van der Waals surface area contributed by atoms with Gasteiger partial charge in [-0.05, 0) is 61.2 Å². The number of carbonyl (C=O) groups excluding carboxylic acids is 1. The number of aryl methyl sites for hydroxylation is 1. The molecule has 1 unspecified atom stereocenters. The molecule has 5 heteroatoms. The van der Waals surface area contributed by atoms with Gasteiger partial charge in [-0.2, -0.15) is 0 Å². The smallest absolute Gasteiger partial charge is 0.220 e. The maximum atomic E-state index is 13.5. The van der Waals surface area contributed by atoms with E-state index < -0.39 is 0 Å². The molecule has 0 bridgehead atoms. The van der Waals surface area contributed by atoms with E-state index in [-0.39, 0.29) is 17.8 Å². The summed E-state index contributed by atoms with van der Waals surface area (Å²) in [6, 6.07) is 12.6. The van der Waals surface area contributed by atoms with Gasteiger partial charge in [0, 0.05) is 17.1 Å². The molecule has 25 heavy (non-hydrogen) atoms. The lowest BCUT2D eigenvalue weighted by atomic mass is 10.0. The summed E-state index contributed by atoms with van der Waals surface area (Å²) in [5.74, 6) is 1.49. The second-order valence-electron chi connectivity index (χ2n) is 6.21. The fourth-order valence-electron chi connectivity index (χ4n) is 2.91. The zero-order chi connectivity index (χ0) is 17.6. The number of rotatable bonds is 6. The van der Waals surface area contributed by atoms with Crippen LogP contribution < -0.4 is 10.1 Å². The Balaban J connectivity index is 1.46. The molecule has 132 valence electrons. The van der Waals surface area contributed by atoms with E-state index in [1.807, 2.05) is 31.2 Å². The van der Waals surface area contributed by atoms with Crippen molar-refractivity contribution in [3.05, 3.63) is 59.4 Å². The Labute approximate surface area is 152 Å². The molecular formula is C20H22FNO2S. The second kappa shape index (κ2) is 8.39. The van der Waals surface area contributed by atoms with Gasteiger partial charge < -0.3 is 10.1 Å². The van der Waals surface area contributed by atoms with Crippen molar-refractivity contribution >= 4 is 17.7 Å². The lowest BCUT2D eigenvalue weighted by Gasteiger charge is -2.26. The van der Waals surface area contributed by atoms with Crippen LogP contribution in [0.4, 0.5) is 4.39 Å². The van der Waals surface area contributed by atoms with Crippen molar-refractivity contribution in [1.29, 1.82) is 0 Å². The van der Waals surface area contributed by atoms with E-state index in [1.165, 1.54) is 12.1 Å². The van der Waals surface area contributed by atoms with E-state index in [1.54, 1.807) is 17.8 Å². The van der Waals surface area contributed by atoms with Crippen LogP contribution >= 0.6 is 11.8 Å². The fraction of sp³-hybridized carbons (Fsp3) is 0.350. The first-order valence-corrected chi connectivity index (χ1v) is 9.51. The summed E-state index contributed by atoms with van der Waals surface area (Å²) in [7, 11) is 0. The Kier molecular flexibility index (Phi) is 5.97. The normalized spacial score (nSPS) is 16.2. The number of hydrogen-bond donors (Lipinski definition) is 1. The lowest BCUT2D eigenvalue weighted by molar-refractivity contribution is -0.122. The maximum absolute atomic E-state index is 13.5. The van der Waals surface area contributed by atoms with Crippen LogP contribution in [0.15, 0.2) is 47.4 Å². The Morgan fingerprint density at radius 2 is 2.20 bits per heavy atom. The van der Waals surface area contributed by atoms with Crippen LogP contribution in [0.5, 0.6) is 5.75 Å². The largest absolute Gasteiger partial charge is 0.494 e. The summed E-state index contributed by atoms with van der Waals surface area (Å²) in [5.41, 5.74) is 2.04. The molecule has 1 N–H and O–H groups in total. The van der Waals surface area contributed by atoms with Crippen molar-refractivity contribution < 1.29 is 13.9 Å². The highest BCUT2D eigenvalue weighted by atomic mass is 32.2. The molecule has 3 rings (SSSR count). The van der Waals surface area contributed by atoms with Crippen LogP contribution in [-0.2, 0) is 4.79 Å². The Bertz CT molecular complexity index is 750. The molecule has 0 saturated heterocycles. The van der Waals surface area contributed by atoms with Gasteiger partial charge in [-0.15, -0.1) is 11.8 Å². The number of carbonyl (C=O) groups is 1. The monoisotopic (exact) mass is 359 g/mol. The number of thioether (sulfide) groups is 1. The number of hydrogen-bond acceptors (Lipinski definition) is 3. The number of fused-ring (bicyclic) bond motifs is 1. The fourth-order valence-corrected chi connectivity index (χ4v) is 4.02. The SMILES string of the molecule is Cc1cccc(OCCCC(=O)NC2CCSc3ccc(F)cc32)c1. The van der Waals surface area contributed by atoms with Crippen LogP contribution in [-0.4, -0.2) is 18.3 Å². The van der Waals surface area contributed by atoms with E-state index in [4.69, 9.17) is 4.74 Å². The summed E-state index contributed by atoms with van der Waals surface area (Å²) >= 11 is 1.71. The molecule has 0 radical (unpaired) electrons. The van der Waals surface area contributed by atoms with Gasteiger partial charge in [0.05, 0.1) is 12.6 Å². The van der Waals surface area contributed by atoms with Gasteiger partial charge in [-0.1, -0.05) is 12.1 Å². The third-order valence-electron chi connectivity index (χ3n) is 4.15. The Morgan fingerprint density at radius 3 is 3.04 bits per heavy atom. The zero-order valence-electron chi connectivity index (χ0n) is 14.3. The average Bonchev–Trinajstić information content (AvgIpc) is 2.59. The third kappa shape index (κ3) is 4.98. The predicted molar refractivity (Wildman–Crippen MR) is 98.5 cm³/mol. The highest BCUT2D eigenvalue weighted by molar-refractivity contribution is 7.99. The number of benzene rings is 2. The number of amides is 1. The molecule has 2 aromatic carbocycles. The molecule has 0 saturated carbocycles. The highest BCUT2D eigenvalue weighted by Crippen LogP contribution is 2.36. The average molecular weight is 359 g/mol. The van der Waals surface area contributed by atoms with Gasteiger partial charge in [-0.25, -0.2) is 4.39 Å².